The van der Waals surface area contributed by atoms with Crippen LogP contribution in [0.15, 0.2) is 79.1 Å². The Balaban J connectivity index is 1.29. The highest BCUT2D eigenvalue weighted by molar-refractivity contribution is 5.99. The van der Waals surface area contributed by atoms with E-state index in [1.807, 2.05) is 37.3 Å². The van der Waals surface area contributed by atoms with E-state index in [4.69, 9.17) is 5.73 Å². The lowest BCUT2D eigenvalue weighted by Crippen LogP contribution is -2.28. The van der Waals surface area contributed by atoms with Crippen molar-refractivity contribution in [2.45, 2.75) is 25.9 Å². The maximum Gasteiger partial charge on any atom is 0.255 e. The zero-order chi connectivity index (χ0) is 28.8. The smallest absolute Gasteiger partial charge is 0.255 e. The molecule has 41 heavy (non-hydrogen) atoms. The van der Waals surface area contributed by atoms with E-state index in [1.165, 1.54) is 30.0 Å². The quantitative estimate of drug-likeness (QED) is 0.238. The highest BCUT2D eigenvalue weighted by atomic mass is 19.1. The molecule has 9 heteroatoms. The summed E-state index contributed by atoms with van der Waals surface area (Å²) < 4.78 is 13.3. The van der Waals surface area contributed by atoms with Gasteiger partial charge in [0.1, 0.15) is 23.5 Å². The molecule has 3 heterocycles. The molecule has 0 spiro atoms. The average molecular weight is 548 g/mol. The van der Waals surface area contributed by atoms with Crippen molar-refractivity contribution < 1.29 is 9.18 Å². The van der Waals surface area contributed by atoms with Crippen LogP contribution in [0.3, 0.4) is 0 Å². The van der Waals surface area contributed by atoms with Crippen LogP contribution in [0, 0.1) is 17.1 Å². The first-order chi connectivity index (χ1) is 19.9. The number of pyridine rings is 2. The molecule has 1 aliphatic rings. The molecule has 0 bridgehead atoms. The first-order valence-corrected chi connectivity index (χ1v) is 13.4. The predicted molar refractivity (Wildman–Crippen MR) is 158 cm³/mol. The monoisotopic (exact) mass is 547 g/mol. The van der Waals surface area contributed by atoms with Crippen molar-refractivity contribution in [3.63, 3.8) is 0 Å². The van der Waals surface area contributed by atoms with Gasteiger partial charge in [-0.05, 0) is 66.4 Å². The van der Waals surface area contributed by atoms with E-state index in [1.54, 1.807) is 18.3 Å². The number of nitrogens with two attached hydrogens (primary N) is 1. The second-order valence-electron chi connectivity index (χ2n) is 9.87. The second kappa shape index (κ2) is 12.4. The normalized spacial score (nSPS) is 13.5. The summed E-state index contributed by atoms with van der Waals surface area (Å²) >= 11 is 0. The number of benzene rings is 2. The Morgan fingerprint density at radius 2 is 1.88 bits per heavy atom. The molecule has 0 unspecified atom stereocenters. The number of rotatable bonds is 8. The van der Waals surface area contributed by atoms with Crippen LogP contribution in [-0.2, 0) is 6.54 Å². The number of amides is 1. The van der Waals surface area contributed by atoms with Gasteiger partial charge >= 0.3 is 0 Å². The number of aromatic nitrogens is 2. The van der Waals surface area contributed by atoms with Crippen LogP contribution in [0.2, 0.25) is 0 Å². The van der Waals surface area contributed by atoms with Crippen LogP contribution < -0.4 is 21.7 Å². The molecular weight excluding hydrogens is 517 g/mol. The standard InChI is InChI=1S/C32H30FN7O/c1-20(23-6-8-27(33)9-7-23)40-32(41)29-14-22(16-34)18-39-31(29)38-17-21-2-4-24(5-3-21)26-15-28(30(35)37-19-26)25-10-12-36-13-11-25/h2-10,14-15,18-20,36H,11-13,17H2,1H3,(H2,35,37)(H,38,39)(H,40,41)/t20-/m0/s1. The molecule has 5 N–H and O–H groups in total. The number of halogens is 1. The highest BCUT2D eigenvalue weighted by Crippen LogP contribution is 2.29. The zero-order valence-electron chi connectivity index (χ0n) is 22.6. The van der Waals surface area contributed by atoms with E-state index in [0.717, 1.165) is 47.3 Å². The van der Waals surface area contributed by atoms with Crippen LogP contribution in [-0.4, -0.2) is 29.0 Å². The molecule has 8 nitrogen and oxygen atoms in total. The molecule has 0 fully saturated rings. The number of nitrogens with zero attached hydrogens (tertiary/aromatic N) is 3. The molecule has 206 valence electrons. The third-order valence-electron chi connectivity index (χ3n) is 7.05. The first kappa shape index (κ1) is 27.5. The Labute approximate surface area is 238 Å². The lowest BCUT2D eigenvalue weighted by Gasteiger charge is -2.17. The van der Waals surface area contributed by atoms with Crippen molar-refractivity contribution in [1.29, 1.82) is 5.26 Å². The highest BCUT2D eigenvalue weighted by Gasteiger charge is 2.18. The Morgan fingerprint density at radius 3 is 2.59 bits per heavy atom. The van der Waals surface area contributed by atoms with Crippen LogP contribution in [0.4, 0.5) is 16.0 Å². The van der Waals surface area contributed by atoms with E-state index in [-0.39, 0.29) is 28.9 Å². The fourth-order valence-electron chi connectivity index (χ4n) is 4.71. The van der Waals surface area contributed by atoms with Crippen molar-refractivity contribution in [3.05, 3.63) is 113 Å². The minimum atomic E-state index is -0.389. The van der Waals surface area contributed by atoms with E-state index >= 15 is 0 Å². The summed E-state index contributed by atoms with van der Waals surface area (Å²) in [5.74, 6) is 0.159. The first-order valence-electron chi connectivity index (χ1n) is 13.4. The van der Waals surface area contributed by atoms with Crippen molar-refractivity contribution in [2.24, 2.45) is 0 Å². The van der Waals surface area contributed by atoms with E-state index in [9.17, 15) is 14.4 Å². The van der Waals surface area contributed by atoms with E-state index in [2.05, 4.69) is 38.1 Å². The van der Waals surface area contributed by atoms with Crippen LogP contribution in [0.25, 0.3) is 16.7 Å². The SMILES string of the molecule is C[C@H](NC(=O)c1cc(C#N)cnc1NCc1ccc(-c2cnc(N)c(C3=CCNCC3)c2)cc1)c1ccc(F)cc1. The molecule has 1 atom stereocenters. The fraction of sp³-hybridized carbons (Fsp3) is 0.188. The Hall–Kier alpha value is -5.07. The van der Waals surface area contributed by atoms with Gasteiger partial charge in [-0.15, -0.1) is 0 Å². The average Bonchev–Trinajstić information content (AvgIpc) is 3.01. The molecule has 2 aromatic carbocycles. The third-order valence-corrected chi connectivity index (χ3v) is 7.05. The predicted octanol–water partition coefficient (Wildman–Crippen LogP) is 5.22. The van der Waals surface area contributed by atoms with Crippen molar-refractivity contribution in [3.8, 4) is 17.2 Å². The summed E-state index contributed by atoms with van der Waals surface area (Å²) in [6.07, 6.45) is 6.28. The summed E-state index contributed by atoms with van der Waals surface area (Å²) in [6.45, 7) is 3.97. The number of anilines is 2. The lowest BCUT2D eigenvalue weighted by atomic mass is 9.97. The third kappa shape index (κ3) is 6.57. The van der Waals surface area contributed by atoms with Gasteiger partial charge < -0.3 is 21.7 Å². The Kier molecular flexibility index (Phi) is 8.32. The van der Waals surface area contributed by atoms with Gasteiger partial charge in [0, 0.05) is 36.6 Å². The molecule has 1 aliphatic heterocycles. The number of nitrogen functional groups attached to an aromatic ring is 1. The molecule has 5 rings (SSSR count). The molecule has 0 aliphatic carbocycles. The van der Waals surface area contributed by atoms with Gasteiger partial charge in [-0.2, -0.15) is 5.26 Å². The van der Waals surface area contributed by atoms with Gasteiger partial charge in [0.05, 0.1) is 17.2 Å². The maximum absolute atomic E-state index is 13.3. The van der Waals surface area contributed by atoms with E-state index < -0.39 is 0 Å². The molecular formula is C32H30FN7O. The summed E-state index contributed by atoms with van der Waals surface area (Å²) in [5.41, 5.74) is 12.6. The Bertz CT molecular complexity index is 1630. The lowest BCUT2D eigenvalue weighted by molar-refractivity contribution is 0.0940. The minimum Gasteiger partial charge on any atom is -0.383 e. The molecule has 0 radical (unpaired) electrons. The van der Waals surface area contributed by atoms with Crippen molar-refractivity contribution in [2.75, 3.05) is 24.1 Å². The number of carbonyl (C=O) groups excluding carboxylic acids is 1. The van der Waals surface area contributed by atoms with Gasteiger partial charge in [-0.3, -0.25) is 4.79 Å². The molecule has 0 saturated carbocycles. The topological polar surface area (TPSA) is 129 Å². The summed E-state index contributed by atoms with van der Waals surface area (Å²) in [5, 5.41) is 18.8. The fourth-order valence-corrected chi connectivity index (χ4v) is 4.71. The van der Waals surface area contributed by atoms with Gasteiger partial charge in [0.15, 0.2) is 0 Å². The van der Waals surface area contributed by atoms with Crippen LogP contribution in [0.1, 0.15) is 52.0 Å². The minimum absolute atomic E-state index is 0.252. The van der Waals surface area contributed by atoms with Crippen molar-refractivity contribution in [1.82, 2.24) is 20.6 Å². The summed E-state index contributed by atoms with van der Waals surface area (Å²) in [6, 6.07) is 19.3. The number of hydrogen-bond donors (Lipinski definition) is 4. The maximum atomic E-state index is 13.3. The second-order valence-corrected chi connectivity index (χ2v) is 9.87. The Morgan fingerprint density at radius 1 is 1.10 bits per heavy atom. The van der Waals surface area contributed by atoms with E-state index in [0.29, 0.717) is 18.2 Å². The molecule has 0 saturated heterocycles. The summed E-state index contributed by atoms with van der Waals surface area (Å²) in [4.78, 5) is 21.9. The number of hydrogen-bond acceptors (Lipinski definition) is 7. The number of carbonyl (C=O) groups is 1. The van der Waals surface area contributed by atoms with Gasteiger partial charge in [0.25, 0.3) is 5.91 Å². The molecule has 4 aromatic rings. The van der Waals surface area contributed by atoms with Crippen LogP contribution in [0.5, 0.6) is 0 Å². The largest absolute Gasteiger partial charge is 0.383 e. The van der Waals surface area contributed by atoms with Gasteiger partial charge in [-0.25, -0.2) is 14.4 Å². The number of nitriles is 1. The molecule has 1 amide bonds. The van der Waals surface area contributed by atoms with Crippen molar-refractivity contribution >= 4 is 23.1 Å². The van der Waals surface area contributed by atoms with Gasteiger partial charge in [-0.1, -0.05) is 42.5 Å². The number of nitrogens with one attached hydrogen (secondary N) is 3. The van der Waals surface area contributed by atoms with Crippen LogP contribution >= 0.6 is 0 Å². The molecule has 2 aromatic heterocycles. The zero-order valence-corrected chi connectivity index (χ0v) is 22.6. The summed E-state index contributed by atoms with van der Waals surface area (Å²) in [7, 11) is 0. The van der Waals surface area contributed by atoms with Gasteiger partial charge in [0.2, 0.25) is 0 Å².